The van der Waals surface area contributed by atoms with E-state index in [1.54, 1.807) is 0 Å². The van der Waals surface area contributed by atoms with Gasteiger partial charge in [-0.2, -0.15) is 0 Å². The second kappa shape index (κ2) is 6.41. The van der Waals surface area contributed by atoms with Gasteiger partial charge in [0.2, 0.25) is 0 Å². The summed E-state index contributed by atoms with van der Waals surface area (Å²) in [6.45, 7) is 2.18. The zero-order valence-corrected chi connectivity index (χ0v) is 11.9. The van der Waals surface area contributed by atoms with E-state index in [1.165, 1.54) is 6.07 Å². The molecule has 1 heterocycles. The number of likely N-dealkylation sites (tertiary alicyclic amines) is 1. The molecule has 0 amide bonds. The normalized spacial score (nSPS) is 17.6. The molecule has 0 radical (unpaired) electrons. The Labute approximate surface area is 118 Å². The first-order valence-corrected chi connectivity index (χ1v) is 6.84. The van der Waals surface area contributed by atoms with Crippen LogP contribution in [0.2, 0.25) is 0 Å². The van der Waals surface area contributed by atoms with Crippen molar-refractivity contribution in [2.75, 3.05) is 33.7 Å². The number of halogens is 2. The van der Waals surface area contributed by atoms with Gasteiger partial charge in [0.15, 0.2) is 5.78 Å². The van der Waals surface area contributed by atoms with Gasteiger partial charge in [-0.3, -0.25) is 9.69 Å². The summed E-state index contributed by atoms with van der Waals surface area (Å²) in [6, 6.07) is 3.43. The third-order valence-electron chi connectivity index (χ3n) is 3.94. The van der Waals surface area contributed by atoms with Gasteiger partial charge in [0.25, 0.3) is 0 Å². The zero-order valence-electron chi connectivity index (χ0n) is 11.9. The van der Waals surface area contributed by atoms with Crippen LogP contribution in [-0.2, 0) is 0 Å². The Hall–Kier alpha value is -1.33. The molecular weight excluding hydrogens is 262 g/mol. The van der Waals surface area contributed by atoms with Gasteiger partial charge in [-0.05, 0) is 52.2 Å². The molecule has 1 aliphatic rings. The van der Waals surface area contributed by atoms with Crippen molar-refractivity contribution in [2.45, 2.75) is 18.9 Å². The second-order valence-electron chi connectivity index (χ2n) is 5.50. The third-order valence-corrected chi connectivity index (χ3v) is 3.94. The number of carbonyl (C=O) groups is 1. The molecule has 0 aromatic heterocycles. The van der Waals surface area contributed by atoms with Gasteiger partial charge in [0.05, 0.1) is 12.1 Å². The molecule has 2 rings (SSSR count). The predicted octanol–water partition coefficient (Wildman–Crippen LogP) is 2.17. The average Bonchev–Trinajstić information content (AvgIpc) is 2.39. The maximum Gasteiger partial charge on any atom is 0.179 e. The molecule has 3 nitrogen and oxygen atoms in total. The Kier molecular flexibility index (Phi) is 4.83. The SMILES string of the molecule is CN1CCC(N(C)CC(=O)c2ccc(F)cc2F)CC1. The van der Waals surface area contributed by atoms with Gasteiger partial charge in [-0.15, -0.1) is 0 Å². The monoisotopic (exact) mass is 282 g/mol. The summed E-state index contributed by atoms with van der Waals surface area (Å²) in [5.74, 6) is -1.75. The van der Waals surface area contributed by atoms with Gasteiger partial charge >= 0.3 is 0 Å². The number of benzene rings is 1. The Balaban J connectivity index is 1.97. The molecule has 1 aliphatic heterocycles. The minimum atomic E-state index is -0.785. The first kappa shape index (κ1) is 15.1. The van der Waals surface area contributed by atoms with Crippen molar-refractivity contribution in [1.82, 2.24) is 9.80 Å². The number of nitrogens with zero attached hydrogens (tertiary/aromatic N) is 2. The van der Waals surface area contributed by atoms with Crippen LogP contribution in [0.15, 0.2) is 18.2 Å². The highest BCUT2D eigenvalue weighted by molar-refractivity contribution is 5.97. The number of hydrogen-bond acceptors (Lipinski definition) is 3. The summed E-state index contributed by atoms with van der Waals surface area (Å²) in [5.41, 5.74) is -0.0359. The molecule has 0 aliphatic carbocycles. The Bertz CT molecular complexity index is 485. The van der Waals surface area contributed by atoms with E-state index in [9.17, 15) is 13.6 Å². The number of likely N-dealkylation sites (N-methyl/N-ethyl adjacent to an activating group) is 1. The van der Waals surface area contributed by atoms with Crippen molar-refractivity contribution in [2.24, 2.45) is 0 Å². The minimum Gasteiger partial charge on any atom is -0.306 e. The van der Waals surface area contributed by atoms with Crippen LogP contribution in [0.3, 0.4) is 0 Å². The molecule has 0 spiro atoms. The molecular formula is C15H20F2N2O. The topological polar surface area (TPSA) is 23.6 Å². The summed E-state index contributed by atoms with van der Waals surface area (Å²) in [6.07, 6.45) is 2.01. The molecule has 1 saturated heterocycles. The van der Waals surface area contributed by atoms with E-state index >= 15 is 0 Å². The van der Waals surface area contributed by atoms with E-state index in [2.05, 4.69) is 11.9 Å². The summed E-state index contributed by atoms with van der Waals surface area (Å²) in [7, 11) is 3.96. The van der Waals surface area contributed by atoms with Crippen LogP contribution < -0.4 is 0 Å². The van der Waals surface area contributed by atoms with E-state index in [1.807, 2.05) is 11.9 Å². The first-order chi connectivity index (χ1) is 9.47. The van der Waals surface area contributed by atoms with E-state index in [4.69, 9.17) is 0 Å². The van der Waals surface area contributed by atoms with E-state index in [0.29, 0.717) is 6.04 Å². The van der Waals surface area contributed by atoms with Crippen molar-refractivity contribution < 1.29 is 13.6 Å². The van der Waals surface area contributed by atoms with Crippen molar-refractivity contribution in [1.29, 1.82) is 0 Å². The number of Topliss-reactive ketones (excluding diaryl/α,β-unsaturated/α-hetero) is 1. The maximum atomic E-state index is 13.6. The molecule has 20 heavy (non-hydrogen) atoms. The fourth-order valence-corrected chi connectivity index (χ4v) is 2.59. The quantitative estimate of drug-likeness (QED) is 0.791. The molecule has 0 atom stereocenters. The summed E-state index contributed by atoms with van der Waals surface area (Å²) in [5, 5.41) is 0. The summed E-state index contributed by atoms with van der Waals surface area (Å²) in [4.78, 5) is 16.3. The Morgan fingerprint density at radius 2 is 2.00 bits per heavy atom. The molecule has 110 valence electrons. The van der Waals surface area contributed by atoms with Crippen LogP contribution in [0.4, 0.5) is 8.78 Å². The molecule has 1 aromatic rings. The van der Waals surface area contributed by atoms with Crippen LogP contribution in [0, 0.1) is 11.6 Å². The largest absolute Gasteiger partial charge is 0.306 e. The number of hydrogen-bond donors (Lipinski definition) is 0. The van der Waals surface area contributed by atoms with Crippen molar-refractivity contribution in [3.05, 3.63) is 35.4 Å². The second-order valence-corrected chi connectivity index (χ2v) is 5.50. The Morgan fingerprint density at radius 1 is 1.35 bits per heavy atom. The first-order valence-electron chi connectivity index (χ1n) is 6.84. The lowest BCUT2D eigenvalue weighted by atomic mass is 10.0. The standard InChI is InChI=1S/C15H20F2N2O/c1-18-7-5-12(6-8-18)19(2)10-15(20)13-4-3-11(16)9-14(13)17/h3-4,9,12H,5-8,10H2,1-2H3. The summed E-state index contributed by atoms with van der Waals surface area (Å²) >= 11 is 0. The fraction of sp³-hybridized carbons (Fsp3) is 0.533. The Morgan fingerprint density at radius 3 is 2.60 bits per heavy atom. The van der Waals surface area contributed by atoms with Crippen molar-refractivity contribution >= 4 is 5.78 Å². The molecule has 0 saturated carbocycles. The number of rotatable bonds is 4. The molecule has 0 bridgehead atoms. The van der Waals surface area contributed by atoms with Gasteiger partial charge in [0.1, 0.15) is 11.6 Å². The van der Waals surface area contributed by atoms with E-state index < -0.39 is 11.6 Å². The maximum absolute atomic E-state index is 13.6. The lowest BCUT2D eigenvalue weighted by molar-refractivity contribution is 0.0868. The predicted molar refractivity (Wildman–Crippen MR) is 73.8 cm³/mol. The number of piperidine rings is 1. The van der Waals surface area contributed by atoms with Crippen LogP contribution in [0.5, 0.6) is 0 Å². The highest BCUT2D eigenvalue weighted by Gasteiger charge is 2.23. The molecule has 1 fully saturated rings. The fourth-order valence-electron chi connectivity index (χ4n) is 2.59. The van der Waals surface area contributed by atoms with E-state index in [0.717, 1.165) is 38.1 Å². The van der Waals surface area contributed by atoms with Crippen LogP contribution in [0.25, 0.3) is 0 Å². The van der Waals surface area contributed by atoms with Gasteiger partial charge in [-0.1, -0.05) is 0 Å². The number of ketones is 1. The van der Waals surface area contributed by atoms with Crippen LogP contribution in [-0.4, -0.2) is 55.4 Å². The minimum absolute atomic E-state index is 0.0359. The smallest absolute Gasteiger partial charge is 0.179 e. The third kappa shape index (κ3) is 3.61. The van der Waals surface area contributed by atoms with Gasteiger partial charge in [0, 0.05) is 12.1 Å². The molecule has 0 unspecified atom stereocenters. The van der Waals surface area contributed by atoms with Gasteiger partial charge < -0.3 is 4.90 Å². The summed E-state index contributed by atoms with van der Waals surface area (Å²) < 4.78 is 26.4. The lowest BCUT2D eigenvalue weighted by Gasteiger charge is -2.34. The highest BCUT2D eigenvalue weighted by Crippen LogP contribution is 2.16. The van der Waals surface area contributed by atoms with Crippen molar-refractivity contribution in [3.63, 3.8) is 0 Å². The van der Waals surface area contributed by atoms with Crippen molar-refractivity contribution in [3.8, 4) is 0 Å². The highest BCUT2D eigenvalue weighted by atomic mass is 19.1. The van der Waals surface area contributed by atoms with Crippen LogP contribution in [0.1, 0.15) is 23.2 Å². The van der Waals surface area contributed by atoms with E-state index in [-0.39, 0.29) is 17.9 Å². The van der Waals surface area contributed by atoms with Crippen LogP contribution >= 0.6 is 0 Å². The zero-order chi connectivity index (χ0) is 14.7. The lowest BCUT2D eigenvalue weighted by Crippen LogP contribution is -2.43. The molecule has 0 N–H and O–H groups in total. The average molecular weight is 282 g/mol. The van der Waals surface area contributed by atoms with Gasteiger partial charge in [-0.25, -0.2) is 8.78 Å². The number of carbonyl (C=O) groups excluding carboxylic acids is 1. The molecule has 1 aromatic carbocycles. The molecule has 5 heteroatoms.